The number of benzene rings is 3. The zero-order chi connectivity index (χ0) is 22.6. The van der Waals surface area contributed by atoms with Crippen molar-refractivity contribution in [2.45, 2.75) is 16.3 Å². The van der Waals surface area contributed by atoms with Gasteiger partial charge < -0.3 is 14.5 Å². The molecule has 0 spiro atoms. The van der Waals surface area contributed by atoms with Gasteiger partial charge in [-0.05, 0) is 60.5 Å². The molecule has 0 atom stereocenters. The van der Waals surface area contributed by atoms with Gasteiger partial charge in [-0.15, -0.1) is 0 Å². The lowest BCUT2D eigenvalue weighted by Gasteiger charge is -2.07. The maximum atomic E-state index is 13.3. The van der Waals surface area contributed by atoms with Gasteiger partial charge in [0.2, 0.25) is 26.6 Å². The van der Waals surface area contributed by atoms with Crippen LogP contribution in [0.15, 0.2) is 97.7 Å². The summed E-state index contributed by atoms with van der Waals surface area (Å²) in [5.41, 5.74) is 1.76. The molecule has 32 heavy (non-hydrogen) atoms. The van der Waals surface area contributed by atoms with E-state index in [-0.39, 0.29) is 21.7 Å². The predicted octanol–water partition coefficient (Wildman–Crippen LogP) is 5.60. The molecule has 0 unspecified atom stereocenters. The van der Waals surface area contributed by atoms with Crippen molar-refractivity contribution < 1.29 is 17.6 Å². The minimum absolute atomic E-state index is 0.125. The molecule has 0 amide bonds. The fraction of sp³-hybridized carbons (Fsp3) is 0.125. The summed E-state index contributed by atoms with van der Waals surface area (Å²) in [7, 11) is -2.24. The number of aromatic nitrogens is 1. The molecular weight excluding hydrogens is 492 g/mol. The smallest absolute Gasteiger partial charge is 0.233 e. The van der Waals surface area contributed by atoms with Gasteiger partial charge in [-0.3, -0.25) is 0 Å². The standard InChI is InChI=1S/C24H21BrN2O4S/c1-30-20-13-7-17(8-14-20)15-16-26-23-24(32(28,29)21-5-3-2-4-6-21)27-22(31-23)18-9-11-19(25)12-10-18/h2-14,26H,15-16H2,1H3. The number of oxazole rings is 1. The Hall–Kier alpha value is -3.10. The summed E-state index contributed by atoms with van der Waals surface area (Å²) in [6.45, 7) is 0.471. The lowest BCUT2D eigenvalue weighted by atomic mass is 10.1. The van der Waals surface area contributed by atoms with Gasteiger partial charge in [-0.1, -0.05) is 46.3 Å². The minimum atomic E-state index is -3.86. The summed E-state index contributed by atoms with van der Waals surface area (Å²) < 4.78 is 38.5. The van der Waals surface area contributed by atoms with Gasteiger partial charge in [-0.2, -0.15) is 4.98 Å². The van der Waals surface area contributed by atoms with E-state index in [0.29, 0.717) is 18.5 Å². The average molecular weight is 513 g/mol. The third-order valence-electron chi connectivity index (χ3n) is 4.85. The van der Waals surface area contributed by atoms with Gasteiger partial charge >= 0.3 is 0 Å². The summed E-state index contributed by atoms with van der Waals surface area (Å²) in [5.74, 6) is 1.14. The van der Waals surface area contributed by atoms with Crippen LogP contribution in [0.3, 0.4) is 0 Å². The number of halogens is 1. The quantitative estimate of drug-likeness (QED) is 0.330. The van der Waals surface area contributed by atoms with E-state index in [0.717, 1.165) is 15.8 Å². The van der Waals surface area contributed by atoms with Crippen LogP contribution in [0.4, 0.5) is 5.88 Å². The van der Waals surface area contributed by atoms with E-state index in [4.69, 9.17) is 9.15 Å². The van der Waals surface area contributed by atoms with Crippen molar-refractivity contribution in [2.24, 2.45) is 0 Å². The number of anilines is 1. The van der Waals surface area contributed by atoms with E-state index in [1.165, 1.54) is 0 Å². The molecule has 1 aromatic heterocycles. The molecule has 0 radical (unpaired) electrons. The van der Waals surface area contributed by atoms with Crippen LogP contribution in [0.1, 0.15) is 5.56 Å². The Morgan fingerprint density at radius 3 is 2.31 bits per heavy atom. The van der Waals surface area contributed by atoms with Crippen molar-refractivity contribution in [3.05, 3.63) is 88.9 Å². The molecule has 1 heterocycles. The zero-order valence-corrected chi connectivity index (χ0v) is 19.7. The largest absolute Gasteiger partial charge is 0.497 e. The number of nitrogens with zero attached hydrogens (tertiary/aromatic N) is 1. The third kappa shape index (κ3) is 4.87. The van der Waals surface area contributed by atoms with E-state index in [1.807, 2.05) is 48.5 Å². The van der Waals surface area contributed by atoms with E-state index >= 15 is 0 Å². The lowest BCUT2D eigenvalue weighted by molar-refractivity contribution is 0.414. The highest BCUT2D eigenvalue weighted by Crippen LogP contribution is 2.32. The van der Waals surface area contributed by atoms with Crippen LogP contribution in [0.2, 0.25) is 0 Å². The van der Waals surface area contributed by atoms with E-state index < -0.39 is 9.84 Å². The number of methoxy groups -OCH3 is 1. The average Bonchev–Trinajstić information content (AvgIpc) is 3.25. The Labute approximate surface area is 195 Å². The molecular formula is C24H21BrN2O4S. The van der Waals surface area contributed by atoms with Crippen molar-refractivity contribution in [1.29, 1.82) is 0 Å². The van der Waals surface area contributed by atoms with Crippen molar-refractivity contribution in [3.8, 4) is 17.2 Å². The second-order valence-electron chi connectivity index (χ2n) is 7.00. The molecule has 3 aromatic carbocycles. The van der Waals surface area contributed by atoms with Crippen LogP contribution >= 0.6 is 15.9 Å². The van der Waals surface area contributed by atoms with Crippen LogP contribution in [0.5, 0.6) is 5.75 Å². The van der Waals surface area contributed by atoms with Gasteiger partial charge in [0.15, 0.2) is 0 Å². The lowest BCUT2D eigenvalue weighted by Crippen LogP contribution is -2.09. The molecule has 0 saturated heterocycles. The molecule has 164 valence electrons. The van der Waals surface area contributed by atoms with E-state index in [2.05, 4.69) is 26.2 Å². The van der Waals surface area contributed by atoms with Crippen LogP contribution < -0.4 is 10.1 Å². The molecule has 0 aliphatic heterocycles. The fourth-order valence-electron chi connectivity index (χ4n) is 3.14. The van der Waals surface area contributed by atoms with E-state index in [9.17, 15) is 8.42 Å². The number of sulfone groups is 1. The van der Waals surface area contributed by atoms with Crippen molar-refractivity contribution in [2.75, 3.05) is 19.0 Å². The maximum Gasteiger partial charge on any atom is 0.233 e. The molecule has 8 heteroatoms. The minimum Gasteiger partial charge on any atom is -0.497 e. The van der Waals surface area contributed by atoms with Gasteiger partial charge in [0, 0.05) is 16.6 Å². The van der Waals surface area contributed by atoms with Gasteiger partial charge in [0.05, 0.1) is 12.0 Å². The van der Waals surface area contributed by atoms with Crippen molar-refractivity contribution in [3.63, 3.8) is 0 Å². The molecule has 0 bridgehead atoms. The molecule has 0 saturated carbocycles. The normalized spacial score (nSPS) is 11.3. The highest BCUT2D eigenvalue weighted by molar-refractivity contribution is 9.10. The Kier molecular flexibility index (Phi) is 6.62. The Balaban J connectivity index is 1.63. The first-order valence-electron chi connectivity index (χ1n) is 9.91. The van der Waals surface area contributed by atoms with Gasteiger partial charge in [-0.25, -0.2) is 8.42 Å². The number of hydrogen-bond acceptors (Lipinski definition) is 6. The molecule has 6 nitrogen and oxygen atoms in total. The van der Waals surface area contributed by atoms with Crippen molar-refractivity contribution >= 4 is 31.7 Å². The monoisotopic (exact) mass is 512 g/mol. The van der Waals surface area contributed by atoms with Crippen LogP contribution in [-0.4, -0.2) is 27.1 Å². The molecule has 1 N–H and O–H groups in total. The summed E-state index contributed by atoms with van der Waals surface area (Å²) in [5, 5.41) is 2.99. The first kappa shape index (κ1) is 22.1. The van der Waals surface area contributed by atoms with Crippen LogP contribution in [0.25, 0.3) is 11.5 Å². The number of hydrogen-bond donors (Lipinski definition) is 1. The fourth-order valence-corrected chi connectivity index (χ4v) is 4.70. The Morgan fingerprint density at radius 2 is 1.66 bits per heavy atom. The number of nitrogens with one attached hydrogen (secondary N) is 1. The van der Waals surface area contributed by atoms with Gasteiger partial charge in [0.1, 0.15) is 5.75 Å². The SMILES string of the molecule is COc1ccc(CCNc2oc(-c3ccc(Br)cc3)nc2S(=O)(=O)c2ccccc2)cc1. The first-order valence-corrected chi connectivity index (χ1v) is 12.2. The second kappa shape index (κ2) is 9.58. The second-order valence-corrected chi connectivity index (χ2v) is 9.78. The molecule has 4 aromatic rings. The zero-order valence-electron chi connectivity index (χ0n) is 17.3. The first-order chi connectivity index (χ1) is 15.5. The third-order valence-corrected chi connectivity index (χ3v) is 7.06. The summed E-state index contributed by atoms with van der Waals surface area (Å²) >= 11 is 3.40. The van der Waals surface area contributed by atoms with Crippen molar-refractivity contribution in [1.82, 2.24) is 4.98 Å². The molecule has 4 rings (SSSR count). The number of rotatable bonds is 8. The van der Waals surface area contributed by atoms with Crippen LogP contribution in [-0.2, 0) is 16.3 Å². The Morgan fingerprint density at radius 1 is 0.969 bits per heavy atom. The summed E-state index contributed by atoms with van der Waals surface area (Å²) in [6, 6.07) is 23.3. The van der Waals surface area contributed by atoms with E-state index in [1.54, 1.807) is 37.4 Å². The topological polar surface area (TPSA) is 81.4 Å². The summed E-state index contributed by atoms with van der Waals surface area (Å²) in [6.07, 6.45) is 0.670. The molecule has 0 aliphatic rings. The van der Waals surface area contributed by atoms with Gasteiger partial charge in [0.25, 0.3) is 0 Å². The predicted molar refractivity (Wildman–Crippen MR) is 127 cm³/mol. The molecule has 0 aliphatic carbocycles. The maximum absolute atomic E-state index is 13.3. The number of ether oxygens (including phenoxy) is 1. The highest BCUT2D eigenvalue weighted by atomic mass is 79.9. The highest BCUT2D eigenvalue weighted by Gasteiger charge is 2.28. The molecule has 0 fully saturated rings. The van der Waals surface area contributed by atoms with Crippen LogP contribution in [0, 0.1) is 0 Å². The Bertz CT molecular complexity index is 1290. The summed E-state index contributed by atoms with van der Waals surface area (Å²) in [4.78, 5) is 4.52.